The van der Waals surface area contributed by atoms with Gasteiger partial charge in [-0.25, -0.2) is 9.79 Å². The normalized spacial score (nSPS) is 11.8. The third-order valence-electron chi connectivity index (χ3n) is 5.36. The van der Waals surface area contributed by atoms with Gasteiger partial charge in [0.15, 0.2) is 5.88 Å². The monoisotopic (exact) mass is 473 g/mol. The first-order valence-corrected chi connectivity index (χ1v) is 11.0. The minimum Gasteiger partial charge on any atom is -0.494 e. The molecule has 0 bridgehead atoms. The molecule has 0 unspecified atom stereocenters. The molecular weight excluding hydrogens is 450 g/mol. The van der Waals surface area contributed by atoms with Crippen molar-refractivity contribution < 1.29 is 14.6 Å². The van der Waals surface area contributed by atoms with Crippen molar-refractivity contribution in [2.75, 3.05) is 26.1 Å². The van der Waals surface area contributed by atoms with Crippen LogP contribution in [0.2, 0.25) is 5.02 Å². The molecule has 0 fully saturated rings. The Labute approximate surface area is 202 Å². The van der Waals surface area contributed by atoms with Crippen LogP contribution < -0.4 is 4.90 Å². The second kappa shape index (κ2) is 9.85. The molecule has 0 aliphatic carbocycles. The van der Waals surface area contributed by atoms with Crippen molar-refractivity contribution in [2.45, 2.75) is 0 Å². The average molecular weight is 474 g/mol. The second-order valence-corrected chi connectivity index (χ2v) is 8.33. The lowest BCUT2D eigenvalue weighted by Crippen LogP contribution is -2.07. The average Bonchev–Trinajstić information content (AvgIpc) is 3.15. The van der Waals surface area contributed by atoms with E-state index in [-0.39, 0.29) is 5.88 Å². The maximum atomic E-state index is 11.5. The largest absolute Gasteiger partial charge is 0.494 e. The van der Waals surface area contributed by atoms with E-state index in [1.807, 2.05) is 73.6 Å². The van der Waals surface area contributed by atoms with Crippen molar-refractivity contribution in [1.82, 2.24) is 4.98 Å². The van der Waals surface area contributed by atoms with Crippen molar-refractivity contribution in [3.05, 3.63) is 94.5 Å². The van der Waals surface area contributed by atoms with E-state index < -0.39 is 5.97 Å². The summed E-state index contributed by atoms with van der Waals surface area (Å²) in [5.41, 5.74) is 5.21. The molecule has 0 saturated carbocycles. The predicted molar refractivity (Wildman–Crippen MR) is 139 cm³/mol. The summed E-state index contributed by atoms with van der Waals surface area (Å²) >= 11 is 6.16. The number of nitrogens with one attached hydrogen (secondary N) is 1. The highest BCUT2D eigenvalue weighted by atomic mass is 35.5. The van der Waals surface area contributed by atoms with E-state index in [1.54, 1.807) is 18.2 Å². The van der Waals surface area contributed by atoms with E-state index in [0.29, 0.717) is 21.8 Å². The smallest absolute Gasteiger partial charge is 0.330 e. The number of ether oxygens (including phenoxy) is 1. The van der Waals surface area contributed by atoms with Crippen LogP contribution in [0, 0.1) is 0 Å². The molecule has 0 aliphatic heterocycles. The van der Waals surface area contributed by atoms with E-state index in [0.717, 1.165) is 27.9 Å². The molecule has 0 atom stereocenters. The number of halogens is 1. The van der Waals surface area contributed by atoms with Gasteiger partial charge in [0.2, 0.25) is 0 Å². The Hall–Kier alpha value is -4.03. The van der Waals surface area contributed by atoms with Crippen molar-refractivity contribution >= 4 is 51.6 Å². The summed E-state index contributed by atoms with van der Waals surface area (Å²) in [6.07, 6.45) is 3.04. The van der Waals surface area contributed by atoms with Gasteiger partial charge in [0.1, 0.15) is 0 Å². The number of fused-ring (bicyclic) bond motifs is 1. The van der Waals surface area contributed by atoms with Crippen LogP contribution in [-0.4, -0.2) is 43.0 Å². The lowest BCUT2D eigenvalue weighted by atomic mass is 9.99. The number of methoxy groups -OCH3 is 1. The van der Waals surface area contributed by atoms with Gasteiger partial charge in [-0.15, -0.1) is 0 Å². The number of carbonyl (C=O) groups is 1. The quantitative estimate of drug-likeness (QED) is 0.206. The van der Waals surface area contributed by atoms with E-state index in [2.05, 4.69) is 9.72 Å². The van der Waals surface area contributed by atoms with Crippen LogP contribution in [0.3, 0.4) is 0 Å². The van der Waals surface area contributed by atoms with Gasteiger partial charge in [-0.1, -0.05) is 35.9 Å². The molecule has 34 heavy (non-hydrogen) atoms. The molecule has 1 aromatic heterocycles. The van der Waals surface area contributed by atoms with E-state index in [9.17, 15) is 9.90 Å². The first-order chi connectivity index (χ1) is 16.4. The van der Waals surface area contributed by atoms with Gasteiger partial charge in [0.05, 0.1) is 29.6 Å². The third kappa shape index (κ3) is 4.97. The van der Waals surface area contributed by atoms with Crippen molar-refractivity contribution in [2.24, 2.45) is 4.99 Å². The molecule has 0 spiro atoms. The number of anilines is 1. The fourth-order valence-electron chi connectivity index (χ4n) is 3.64. The lowest BCUT2D eigenvalue weighted by molar-refractivity contribution is -0.134. The van der Waals surface area contributed by atoms with Crippen molar-refractivity contribution in [3.8, 4) is 5.88 Å². The minimum absolute atomic E-state index is 0.00330. The zero-order valence-corrected chi connectivity index (χ0v) is 19.8. The summed E-state index contributed by atoms with van der Waals surface area (Å²) in [6.45, 7) is 0. The van der Waals surface area contributed by atoms with Crippen molar-refractivity contribution in [3.63, 3.8) is 0 Å². The van der Waals surface area contributed by atoms with Crippen LogP contribution in [0.5, 0.6) is 5.88 Å². The standard InChI is InChI=1S/C27H24ClN3O3/c1-31(2)21-11-9-20(10-12-21)29-26(18-6-4-5-17(15-18)7-14-24(32)34-3)25-22-13-8-19(28)16-23(22)30-27(25)33/h4-16,30,33H,1-3H3/b14-7+,29-26?. The Bertz CT molecular complexity index is 1400. The number of hydrogen-bond donors (Lipinski definition) is 2. The Balaban J connectivity index is 1.89. The fourth-order valence-corrected chi connectivity index (χ4v) is 3.81. The molecule has 1 heterocycles. The molecule has 172 valence electrons. The molecule has 0 radical (unpaired) electrons. The number of rotatable bonds is 6. The lowest BCUT2D eigenvalue weighted by Gasteiger charge is -2.12. The van der Waals surface area contributed by atoms with Gasteiger partial charge in [0, 0.05) is 41.8 Å². The third-order valence-corrected chi connectivity index (χ3v) is 5.59. The number of nitrogens with zero attached hydrogens (tertiary/aromatic N) is 2. The van der Waals surface area contributed by atoms with E-state index >= 15 is 0 Å². The maximum absolute atomic E-state index is 11.5. The number of benzene rings is 3. The second-order valence-electron chi connectivity index (χ2n) is 7.89. The first-order valence-electron chi connectivity index (χ1n) is 10.6. The number of carbonyl (C=O) groups excluding carboxylic acids is 1. The first kappa shape index (κ1) is 23.1. The molecule has 0 saturated heterocycles. The number of H-pyrrole nitrogens is 1. The summed E-state index contributed by atoms with van der Waals surface area (Å²) in [6, 6.07) is 20.8. The predicted octanol–water partition coefficient (Wildman–Crippen LogP) is 5.95. The zero-order chi connectivity index (χ0) is 24.2. The Morgan fingerprint density at radius 3 is 2.56 bits per heavy atom. The number of aliphatic imine (C=N–C) groups is 1. The summed E-state index contributed by atoms with van der Waals surface area (Å²) in [7, 11) is 5.29. The summed E-state index contributed by atoms with van der Waals surface area (Å²) in [4.78, 5) is 21.5. The van der Waals surface area contributed by atoms with E-state index in [1.165, 1.54) is 13.2 Å². The van der Waals surface area contributed by atoms with Gasteiger partial charge >= 0.3 is 5.97 Å². The van der Waals surface area contributed by atoms with Gasteiger partial charge in [-0.2, -0.15) is 0 Å². The summed E-state index contributed by atoms with van der Waals surface area (Å²) in [5, 5.41) is 12.2. The van der Waals surface area contributed by atoms with Gasteiger partial charge < -0.3 is 19.7 Å². The van der Waals surface area contributed by atoms with Crippen LogP contribution in [-0.2, 0) is 9.53 Å². The summed E-state index contributed by atoms with van der Waals surface area (Å²) < 4.78 is 4.69. The molecule has 6 nitrogen and oxygen atoms in total. The highest BCUT2D eigenvalue weighted by molar-refractivity contribution is 6.31. The molecule has 0 amide bonds. The topological polar surface area (TPSA) is 77.9 Å². The Kier molecular flexibility index (Phi) is 6.70. The van der Waals surface area contributed by atoms with Gasteiger partial charge in [0.25, 0.3) is 0 Å². The minimum atomic E-state index is -0.438. The molecular formula is C27H24ClN3O3. The maximum Gasteiger partial charge on any atom is 0.330 e. The molecule has 4 aromatic rings. The fraction of sp³-hybridized carbons (Fsp3) is 0.111. The van der Waals surface area contributed by atoms with Crippen molar-refractivity contribution in [1.29, 1.82) is 0 Å². The molecule has 4 rings (SSSR count). The number of aromatic amines is 1. The van der Waals surface area contributed by atoms with Gasteiger partial charge in [-0.05, 0) is 54.1 Å². The number of aromatic nitrogens is 1. The molecule has 3 aromatic carbocycles. The van der Waals surface area contributed by atoms with Crippen LogP contribution in [0.1, 0.15) is 16.7 Å². The molecule has 2 N–H and O–H groups in total. The highest BCUT2D eigenvalue weighted by Crippen LogP contribution is 2.33. The number of aromatic hydroxyl groups is 1. The Morgan fingerprint density at radius 1 is 1.09 bits per heavy atom. The van der Waals surface area contributed by atoms with E-state index in [4.69, 9.17) is 16.6 Å². The molecule has 7 heteroatoms. The zero-order valence-electron chi connectivity index (χ0n) is 19.0. The highest BCUT2D eigenvalue weighted by Gasteiger charge is 2.19. The SMILES string of the molecule is COC(=O)/C=C/c1cccc(C(=Nc2ccc(N(C)C)cc2)c2c(O)[nH]c3cc(Cl)ccc23)c1. The van der Waals surface area contributed by atoms with Gasteiger partial charge in [-0.3, -0.25) is 0 Å². The number of esters is 1. The number of hydrogen-bond acceptors (Lipinski definition) is 5. The van der Waals surface area contributed by atoms with Crippen LogP contribution in [0.25, 0.3) is 17.0 Å². The van der Waals surface area contributed by atoms with Crippen LogP contribution >= 0.6 is 11.6 Å². The Morgan fingerprint density at radius 2 is 1.85 bits per heavy atom. The molecule has 0 aliphatic rings. The summed E-state index contributed by atoms with van der Waals surface area (Å²) in [5.74, 6) is -0.442. The van der Waals surface area contributed by atoms with Crippen LogP contribution in [0.15, 0.2) is 77.8 Å². The van der Waals surface area contributed by atoms with Crippen LogP contribution in [0.4, 0.5) is 11.4 Å².